The largest absolute Gasteiger partial charge is 0.338 e. The van der Waals surface area contributed by atoms with Crippen LogP contribution >= 0.6 is 0 Å². The zero-order valence-electron chi connectivity index (χ0n) is 17.0. The molecule has 2 aromatic heterocycles. The van der Waals surface area contributed by atoms with Crippen molar-refractivity contribution in [2.75, 3.05) is 0 Å². The first kappa shape index (κ1) is 18.3. The highest BCUT2D eigenvalue weighted by Crippen LogP contribution is 2.38. The molecule has 32 heavy (non-hydrogen) atoms. The molecule has 0 radical (unpaired) electrons. The van der Waals surface area contributed by atoms with Gasteiger partial charge in [0.25, 0.3) is 0 Å². The highest BCUT2D eigenvalue weighted by Gasteiger charge is 2.32. The van der Waals surface area contributed by atoms with E-state index in [9.17, 15) is 4.79 Å². The minimum atomic E-state index is -0.385. The molecule has 1 aliphatic rings. The number of imidazole rings is 1. The molecule has 0 bridgehead atoms. The van der Waals surface area contributed by atoms with Crippen molar-refractivity contribution in [3.8, 4) is 0 Å². The van der Waals surface area contributed by atoms with Crippen LogP contribution in [0.4, 0.5) is 4.79 Å². The van der Waals surface area contributed by atoms with E-state index in [1.807, 2.05) is 78.9 Å². The van der Waals surface area contributed by atoms with Gasteiger partial charge in [0.1, 0.15) is 5.82 Å². The molecule has 0 spiro atoms. The van der Waals surface area contributed by atoms with Gasteiger partial charge in [-0.1, -0.05) is 54.6 Å². The van der Waals surface area contributed by atoms with E-state index in [2.05, 4.69) is 26.7 Å². The number of H-pyrrole nitrogens is 1. The number of benzene rings is 3. The van der Waals surface area contributed by atoms with Gasteiger partial charge in [0.05, 0.1) is 28.3 Å². The molecule has 6 heteroatoms. The Bertz CT molecular complexity index is 1470. The van der Waals surface area contributed by atoms with E-state index in [1.54, 1.807) is 6.20 Å². The average molecular weight is 417 g/mol. The summed E-state index contributed by atoms with van der Waals surface area (Å²) in [5, 5.41) is 7.14. The number of rotatable bonds is 3. The molecule has 154 valence electrons. The third-order valence-electron chi connectivity index (χ3n) is 5.74. The Morgan fingerprint density at radius 2 is 1.66 bits per heavy atom. The van der Waals surface area contributed by atoms with Gasteiger partial charge in [0, 0.05) is 17.2 Å². The van der Waals surface area contributed by atoms with Crippen LogP contribution in [0.5, 0.6) is 0 Å². The van der Waals surface area contributed by atoms with Crippen LogP contribution in [0.1, 0.15) is 23.0 Å². The number of nitrogens with one attached hydrogen (secondary N) is 3. The second-order valence-corrected chi connectivity index (χ2v) is 7.74. The molecule has 0 saturated heterocycles. The maximum Gasteiger partial charge on any atom is 0.320 e. The Labute approximate surface area is 184 Å². The maximum atomic E-state index is 12.7. The number of fused-ring (bicyclic) bond motifs is 2. The van der Waals surface area contributed by atoms with Crippen molar-refractivity contribution in [2.24, 2.45) is 0 Å². The number of para-hydroxylation sites is 2. The first-order chi connectivity index (χ1) is 15.8. The number of hydrogen-bond donors (Lipinski definition) is 3. The number of urea groups is 1. The molecule has 0 saturated carbocycles. The van der Waals surface area contributed by atoms with Crippen molar-refractivity contribution in [3.63, 3.8) is 0 Å². The Balaban J connectivity index is 1.61. The van der Waals surface area contributed by atoms with Gasteiger partial charge in [-0.2, -0.15) is 0 Å². The smallest absolute Gasteiger partial charge is 0.320 e. The van der Waals surface area contributed by atoms with Crippen LogP contribution in [0.3, 0.4) is 0 Å². The summed E-state index contributed by atoms with van der Waals surface area (Å²) in [5.74, 6) is 0.717. The highest BCUT2D eigenvalue weighted by molar-refractivity contribution is 6.03. The lowest BCUT2D eigenvalue weighted by molar-refractivity contribution is 0.242. The zero-order valence-corrected chi connectivity index (χ0v) is 17.0. The van der Waals surface area contributed by atoms with Gasteiger partial charge in [-0.25, -0.2) is 9.78 Å². The number of nitrogens with zero attached hydrogens (tertiary/aromatic N) is 2. The van der Waals surface area contributed by atoms with Crippen LogP contribution in [0.25, 0.3) is 33.2 Å². The SMILES string of the molecule is O=C1NC(c2ccccc2)=C(c2nc3ccccc3[nH]2)C(c2ccc3ncccc3c2)N1. The van der Waals surface area contributed by atoms with E-state index in [0.29, 0.717) is 5.82 Å². The molecule has 5 aromatic rings. The third-order valence-corrected chi connectivity index (χ3v) is 5.74. The predicted octanol–water partition coefficient (Wildman–Crippen LogP) is 5.03. The molecule has 0 fully saturated rings. The second kappa shape index (κ2) is 7.35. The summed E-state index contributed by atoms with van der Waals surface area (Å²) >= 11 is 0. The van der Waals surface area contributed by atoms with E-state index in [0.717, 1.165) is 44.3 Å². The van der Waals surface area contributed by atoms with Crippen LogP contribution in [0.15, 0.2) is 91.1 Å². The van der Waals surface area contributed by atoms with Crippen molar-refractivity contribution in [2.45, 2.75) is 6.04 Å². The fraction of sp³-hybridized carbons (Fsp3) is 0.0385. The van der Waals surface area contributed by atoms with Crippen LogP contribution in [0.2, 0.25) is 0 Å². The van der Waals surface area contributed by atoms with E-state index < -0.39 is 0 Å². The van der Waals surface area contributed by atoms with Gasteiger partial charge in [-0.3, -0.25) is 4.98 Å². The molecule has 6 nitrogen and oxygen atoms in total. The van der Waals surface area contributed by atoms with Crippen molar-refractivity contribution in [1.82, 2.24) is 25.6 Å². The fourth-order valence-corrected chi connectivity index (χ4v) is 4.26. The van der Waals surface area contributed by atoms with Crippen molar-refractivity contribution in [3.05, 3.63) is 108 Å². The summed E-state index contributed by atoms with van der Waals surface area (Å²) < 4.78 is 0. The van der Waals surface area contributed by atoms with Crippen LogP contribution in [-0.4, -0.2) is 21.0 Å². The number of hydrogen-bond acceptors (Lipinski definition) is 3. The van der Waals surface area contributed by atoms with Gasteiger partial charge in [0.2, 0.25) is 0 Å². The maximum absolute atomic E-state index is 12.7. The van der Waals surface area contributed by atoms with Crippen molar-refractivity contribution >= 4 is 39.2 Å². The van der Waals surface area contributed by atoms with Gasteiger partial charge >= 0.3 is 6.03 Å². The number of aromatic amines is 1. The molecule has 0 aliphatic carbocycles. The van der Waals surface area contributed by atoms with Crippen molar-refractivity contribution in [1.29, 1.82) is 0 Å². The minimum Gasteiger partial charge on any atom is -0.338 e. The fourth-order valence-electron chi connectivity index (χ4n) is 4.26. The summed E-state index contributed by atoms with van der Waals surface area (Å²) in [4.78, 5) is 25.5. The summed E-state index contributed by atoms with van der Waals surface area (Å²) in [6, 6.07) is 27.2. The van der Waals surface area contributed by atoms with Crippen LogP contribution < -0.4 is 10.6 Å². The normalized spacial score (nSPS) is 16.2. The number of carbonyl (C=O) groups is 1. The zero-order chi connectivity index (χ0) is 21.5. The average Bonchev–Trinajstić information content (AvgIpc) is 3.27. The van der Waals surface area contributed by atoms with E-state index in [1.165, 1.54) is 0 Å². The van der Waals surface area contributed by atoms with Gasteiger partial charge < -0.3 is 15.6 Å². The molecular formula is C26H19N5O. The number of amides is 2. The molecular weight excluding hydrogens is 398 g/mol. The topological polar surface area (TPSA) is 82.7 Å². The van der Waals surface area contributed by atoms with Crippen LogP contribution in [-0.2, 0) is 0 Å². The molecule has 2 amide bonds. The predicted molar refractivity (Wildman–Crippen MR) is 126 cm³/mol. The minimum absolute atomic E-state index is 0.250. The van der Waals surface area contributed by atoms with Gasteiger partial charge in [0.15, 0.2) is 0 Å². The molecule has 1 aliphatic heterocycles. The second-order valence-electron chi connectivity index (χ2n) is 7.74. The number of pyridine rings is 1. The monoisotopic (exact) mass is 417 g/mol. The molecule has 1 atom stereocenters. The Morgan fingerprint density at radius 1 is 0.812 bits per heavy atom. The lowest BCUT2D eigenvalue weighted by atomic mass is 9.91. The van der Waals surface area contributed by atoms with Gasteiger partial charge in [-0.05, 0) is 41.5 Å². The molecule has 3 N–H and O–H groups in total. The molecule has 3 aromatic carbocycles. The van der Waals surface area contributed by atoms with Gasteiger partial charge in [-0.15, -0.1) is 0 Å². The standard InChI is InChI=1S/C26H19N5O/c32-26-30-23(16-7-2-1-3-8-16)22(25-28-20-10-4-5-11-21(20)29-25)24(31-26)18-12-13-19-17(15-18)9-6-14-27-19/h1-15,24H,(H,28,29)(H2,30,31,32). The number of aromatic nitrogens is 3. The Morgan fingerprint density at radius 3 is 2.53 bits per heavy atom. The summed E-state index contributed by atoms with van der Waals surface area (Å²) in [6.07, 6.45) is 1.78. The lowest BCUT2D eigenvalue weighted by Gasteiger charge is -2.30. The first-order valence-corrected chi connectivity index (χ1v) is 10.4. The van der Waals surface area contributed by atoms with E-state index >= 15 is 0 Å². The van der Waals surface area contributed by atoms with Crippen LogP contribution in [0, 0.1) is 0 Å². The van der Waals surface area contributed by atoms with Crippen molar-refractivity contribution < 1.29 is 4.79 Å². The summed E-state index contributed by atoms with van der Waals surface area (Å²) in [5.41, 5.74) is 6.24. The first-order valence-electron chi connectivity index (χ1n) is 10.4. The lowest BCUT2D eigenvalue weighted by Crippen LogP contribution is -2.43. The number of carbonyl (C=O) groups excluding carboxylic acids is 1. The molecule has 1 unspecified atom stereocenters. The molecule has 3 heterocycles. The Hall–Kier alpha value is -4.45. The summed E-state index contributed by atoms with van der Waals surface area (Å²) in [7, 11) is 0. The molecule has 6 rings (SSSR count). The third kappa shape index (κ3) is 3.09. The Kier molecular flexibility index (Phi) is 4.21. The van der Waals surface area contributed by atoms with E-state index in [-0.39, 0.29) is 12.1 Å². The quantitative estimate of drug-likeness (QED) is 0.385. The van der Waals surface area contributed by atoms with E-state index in [4.69, 9.17) is 4.98 Å². The summed E-state index contributed by atoms with van der Waals surface area (Å²) in [6.45, 7) is 0. The highest BCUT2D eigenvalue weighted by atomic mass is 16.2.